The normalized spacial score (nSPS) is 14.5. The molecule has 0 aliphatic heterocycles. The summed E-state index contributed by atoms with van der Waals surface area (Å²) in [4.78, 5) is 12.5. The summed E-state index contributed by atoms with van der Waals surface area (Å²) >= 11 is 0. The van der Waals surface area contributed by atoms with Crippen LogP contribution in [0.5, 0.6) is 0 Å². The fourth-order valence-electron chi connectivity index (χ4n) is 5.88. The summed E-state index contributed by atoms with van der Waals surface area (Å²) in [7, 11) is 0. The molecule has 252 valence electrons. The number of aliphatic hydroxyl groups excluding tert-OH is 3. The van der Waals surface area contributed by atoms with E-state index in [1.807, 2.05) is 0 Å². The monoisotopic (exact) mass is 599 g/mol. The summed E-state index contributed by atoms with van der Waals surface area (Å²) in [5, 5.41) is 33.5. The minimum atomic E-state index is -1.72. The molecule has 6 nitrogen and oxygen atoms in total. The number of hydrogen-bond donors (Lipinski definition) is 5. The van der Waals surface area contributed by atoms with E-state index in [4.69, 9.17) is 5.73 Å². The van der Waals surface area contributed by atoms with Crippen molar-refractivity contribution >= 4 is 5.91 Å². The number of hydrogen-bond acceptors (Lipinski definition) is 5. The molecule has 0 fully saturated rings. The van der Waals surface area contributed by atoms with E-state index in [1.165, 1.54) is 135 Å². The highest BCUT2D eigenvalue weighted by molar-refractivity contribution is 5.76. The van der Waals surface area contributed by atoms with Gasteiger partial charge in [-0.25, -0.2) is 0 Å². The summed E-state index contributed by atoms with van der Waals surface area (Å²) in [5.41, 5.74) is 4.42. The summed E-state index contributed by atoms with van der Waals surface area (Å²) in [5.74, 6) is -0.280. The van der Waals surface area contributed by atoms with Gasteiger partial charge in [0.2, 0.25) is 5.91 Å². The molecule has 0 heterocycles. The summed E-state index contributed by atoms with van der Waals surface area (Å²) in [6.45, 7) is 3.90. The quantitative estimate of drug-likeness (QED) is 0.0382. The first kappa shape index (κ1) is 41.3. The Morgan fingerprint density at radius 3 is 1.21 bits per heavy atom. The Bertz CT molecular complexity index is 577. The van der Waals surface area contributed by atoms with Gasteiger partial charge in [0.1, 0.15) is 11.8 Å². The van der Waals surface area contributed by atoms with Gasteiger partial charge in [-0.1, -0.05) is 181 Å². The zero-order valence-electron chi connectivity index (χ0n) is 28.2. The third kappa shape index (κ3) is 24.7. The maximum atomic E-state index is 12.5. The van der Waals surface area contributed by atoms with Crippen molar-refractivity contribution in [1.29, 1.82) is 0 Å². The molecule has 0 aromatic heterocycles. The van der Waals surface area contributed by atoms with Gasteiger partial charge in [0.15, 0.2) is 0 Å². The van der Waals surface area contributed by atoms with Crippen LogP contribution >= 0.6 is 0 Å². The van der Waals surface area contributed by atoms with Crippen molar-refractivity contribution in [3.8, 4) is 0 Å². The molecule has 0 rings (SSSR count). The maximum absolute atomic E-state index is 12.5. The molecule has 0 aliphatic carbocycles. The number of rotatable bonds is 33. The van der Waals surface area contributed by atoms with Gasteiger partial charge in [-0.15, -0.1) is 0 Å². The molecule has 0 spiro atoms. The van der Waals surface area contributed by atoms with E-state index in [0.29, 0.717) is 12.8 Å². The van der Waals surface area contributed by atoms with Crippen molar-refractivity contribution in [2.45, 2.75) is 218 Å². The molecule has 42 heavy (non-hydrogen) atoms. The van der Waals surface area contributed by atoms with Gasteiger partial charge < -0.3 is 26.4 Å². The lowest BCUT2D eigenvalue weighted by atomic mass is 9.95. The van der Waals surface area contributed by atoms with E-state index >= 15 is 0 Å². The highest BCUT2D eigenvalue weighted by Crippen LogP contribution is 2.18. The largest absolute Gasteiger partial charge is 0.392 e. The Morgan fingerprint density at radius 2 is 0.881 bits per heavy atom. The first-order chi connectivity index (χ1) is 20.4. The number of aliphatic hydroxyl groups is 3. The molecular weight excluding hydrogens is 524 g/mol. The van der Waals surface area contributed by atoms with Crippen LogP contribution < -0.4 is 11.1 Å². The highest BCUT2D eigenvalue weighted by atomic mass is 16.3. The highest BCUT2D eigenvalue weighted by Gasteiger charge is 2.39. The fraction of sp³-hybridized carbons (Fsp3) is 0.972. The van der Waals surface area contributed by atoms with E-state index in [2.05, 4.69) is 19.2 Å². The number of nitrogens with one attached hydrogen (secondary N) is 1. The minimum absolute atomic E-state index is 0.280. The zero-order valence-corrected chi connectivity index (χ0v) is 28.2. The van der Waals surface area contributed by atoms with E-state index in [-0.39, 0.29) is 5.91 Å². The van der Waals surface area contributed by atoms with E-state index in [1.54, 1.807) is 0 Å². The van der Waals surface area contributed by atoms with Crippen molar-refractivity contribution < 1.29 is 20.1 Å². The zero-order chi connectivity index (χ0) is 31.2. The smallest absolute Gasteiger partial charge is 0.221 e. The number of amides is 1. The van der Waals surface area contributed by atoms with Crippen LogP contribution in [0.4, 0.5) is 0 Å². The van der Waals surface area contributed by atoms with Crippen LogP contribution in [0.2, 0.25) is 0 Å². The SMILES string of the molecule is CCCCCCCCCCCCCCCCCC(=O)N[C@@](N)(CO)[C@H](O)[C@H](O)CCCCCCCCCCCCCC. The molecular formula is C36H74N2O4. The molecule has 0 bridgehead atoms. The molecule has 6 heteroatoms. The molecule has 0 unspecified atom stereocenters. The van der Waals surface area contributed by atoms with E-state index < -0.39 is 24.5 Å². The summed E-state index contributed by atoms with van der Waals surface area (Å²) in [6, 6.07) is 0. The molecule has 0 saturated carbocycles. The lowest BCUT2D eigenvalue weighted by Gasteiger charge is -2.36. The average Bonchev–Trinajstić information content (AvgIpc) is 2.99. The Morgan fingerprint density at radius 1 is 0.571 bits per heavy atom. The van der Waals surface area contributed by atoms with Gasteiger partial charge in [0.05, 0.1) is 12.7 Å². The van der Waals surface area contributed by atoms with Crippen LogP contribution in [0.25, 0.3) is 0 Å². The van der Waals surface area contributed by atoms with Gasteiger partial charge >= 0.3 is 0 Å². The Kier molecular flexibility index (Phi) is 29.8. The average molecular weight is 599 g/mol. The van der Waals surface area contributed by atoms with Crippen LogP contribution in [0.3, 0.4) is 0 Å². The third-order valence-electron chi connectivity index (χ3n) is 8.89. The molecule has 0 radical (unpaired) electrons. The van der Waals surface area contributed by atoms with Crippen LogP contribution in [-0.4, -0.2) is 45.7 Å². The lowest BCUT2D eigenvalue weighted by molar-refractivity contribution is -0.128. The fourth-order valence-corrected chi connectivity index (χ4v) is 5.88. The Hall–Kier alpha value is -0.690. The van der Waals surface area contributed by atoms with Crippen molar-refractivity contribution in [2.75, 3.05) is 6.61 Å². The first-order valence-corrected chi connectivity index (χ1v) is 18.5. The maximum Gasteiger partial charge on any atom is 0.221 e. The predicted octanol–water partition coefficient (Wildman–Crippen LogP) is 8.82. The second-order valence-electron chi connectivity index (χ2n) is 13.1. The standard InChI is InChI=1S/C36H74N2O4/c1-3-5-7-9-11-13-15-17-18-19-21-23-25-27-29-31-34(41)38-36(37,32-39)35(42)33(40)30-28-26-24-22-20-16-14-12-10-8-6-4-2/h33,35,39-40,42H,3-32,37H2,1-2H3,(H,38,41)/t33-,35-,36+/m1/s1. The van der Waals surface area contributed by atoms with Gasteiger partial charge in [-0.3, -0.25) is 4.79 Å². The molecule has 3 atom stereocenters. The molecule has 0 saturated heterocycles. The van der Waals surface area contributed by atoms with Gasteiger partial charge in [-0.05, 0) is 12.8 Å². The third-order valence-corrected chi connectivity index (χ3v) is 8.89. The van der Waals surface area contributed by atoms with Crippen LogP contribution in [0.15, 0.2) is 0 Å². The number of unbranched alkanes of at least 4 members (excludes halogenated alkanes) is 25. The molecule has 0 aliphatic rings. The predicted molar refractivity (Wildman–Crippen MR) is 179 cm³/mol. The molecule has 0 aromatic rings. The van der Waals surface area contributed by atoms with Gasteiger partial charge in [-0.2, -0.15) is 0 Å². The van der Waals surface area contributed by atoms with Gasteiger partial charge in [0, 0.05) is 6.42 Å². The minimum Gasteiger partial charge on any atom is -0.392 e. The van der Waals surface area contributed by atoms with Crippen molar-refractivity contribution in [3.05, 3.63) is 0 Å². The summed E-state index contributed by atoms with van der Waals surface area (Å²) < 4.78 is 0. The lowest BCUT2D eigenvalue weighted by Crippen LogP contribution is -2.68. The van der Waals surface area contributed by atoms with Crippen LogP contribution in [0.1, 0.15) is 200 Å². The number of carbonyl (C=O) groups is 1. The topological polar surface area (TPSA) is 116 Å². The van der Waals surface area contributed by atoms with Crippen LogP contribution in [0, 0.1) is 0 Å². The van der Waals surface area contributed by atoms with E-state index in [0.717, 1.165) is 38.5 Å². The van der Waals surface area contributed by atoms with Crippen molar-refractivity contribution in [2.24, 2.45) is 5.73 Å². The van der Waals surface area contributed by atoms with Crippen molar-refractivity contribution in [1.82, 2.24) is 5.32 Å². The van der Waals surface area contributed by atoms with Crippen LogP contribution in [-0.2, 0) is 4.79 Å². The Labute approximate surface area is 261 Å². The van der Waals surface area contributed by atoms with E-state index in [9.17, 15) is 20.1 Å². The number of nitrogens with two attached hydrogens (primary N) is 1. The molecule has 6 N–H and O–H groups in total. The molecule has 0 aromatic carbocycles. The Balaban J connectivity index is 3.80. The second-order valence-corrected chi connectivity index (χ2v) is 13.1. The second kappa shape index (κ2) is 30.3. The summed E-state index contributed by atoms with van der Waals surface area (Å²) in [6.07, 6.45) is 32.1. The molecule has 1 amide bonds. The first-order valence-electron chi connectivity index (χ1n) is 18.5. The van der Waals surface area contributed by atoms with Gasteiger partial charge in [0.25, 0.3) is 0 Å². The number of carbonyl (C=O) groups excluding carboxylic acids is 1. The van der Waals surface area contributed by atoms with Crippen molar-refractivity contribution in [3.63, 3.8) is 0 Å².